The maximum absolute atomic E-state index is 12.0. The first-order chi connectivity index (χ1) is 14.9. The molecule has 0 bridgehead atoms. The van der Waals surface area contributed by atoms with Gasteiger partial charge in [-0.05, 0) is 42.3 Å². The minimum atomic E-state index is -0.101. The first-order valence-corrected chi connectivity index (χ1v) is 10.9. The van der Waals surface area contributed by atoms with Crippen molar-refractivity contribution in [1.82, 2.24) is 4.98 Å². The van der Waals surface area contributed by atoms with E-state index in [0.29, 0.717) is 38.6 Å². The van der Waals surface area contributed by atoms with E-state index < -0.39 is 0 Å². The van der Waals surface area contributed by atoms with Crippen LogP contribution in [0.2, 0.25) is 5.02 Å². The lowest BCUT2D eigenvalue weighted by Gasteiger charge is -2.22. The molecule has 4 rings (SSSR count). The summed E-state index contributed by atoms with van der Waals surface area (Å²) in [6.07, 6.45) is 0.672. The van der Waals surface area contributed by atoms with Crippen LogP contribution >= 0.6 is 22.9 Å². The molecule has 0 unspecified atom stereocenters. The van der Waals surface area contributed by atoms with Crippen LogP contribution in [0.3, 0.4) is 0 Å². The number of Topliss-reactive ketones (excluding diaryl/α,β-unsaturated/α-hetero) is 1. The van der Waals surface area contributed by atoms with Crippen LogP contribution in [0.1, 0.15) is 45.9 Å². The molecule has 31 heavy (non-hydrogen) atoms. The summed E-state index contributed by atoms with van der Waals surface area (Å²) in [6, 6.07) is 13.4. The van der Waals surface area contributed by atoms with Crippen molar-refractivity contribution in [1.29, 1.82) is 0 Å². The number of benzene rings is 2. The highest BCUT2D eigenvalue weighted by molar-refractivity contribution is 7.17. The Morgan fingerprint density at radius 1 is 1.13 bits per heavy atom. The maximum Gasteiger partial charge on any atom is 0.207 e. The van der Waals surface area contributed by atoms with Crippen LogP contribution in [0.5, 0.6) is 11.5 Å². The molecular weight excluding hydrogens is 434 g/mol. The summed E-state index contributed by atoms with van der Waals surface area (Å²) in [5.41, 5.74) is 3.66. The number of ether oxygens (including phenoxy) is 2. The molecule has 0 aliphatic carbocycles. The Kier molecular flexibility index (Phi) is 5.98. The van der Waals surface area contributed by atoms with Gasteiger partial charge in [0.15, 0.2) is 17.3 Å². The lowest BCUT2D eigenvalue weighted by Crippen LogP contribution is -2.18. The number of nitrogens with zero attached hydrogens (tertiary/aromatic N) is 3. The van der Waals surface area contributed by atoms with E-state index in [1.807, 2.05) is 54.4 Å². The highest BCUT2D eigenvalue weighted by atomic mass is 35.5. The molecule has 0 saturated heterocycles. The molecule has 160 valence electrons. The summed E-state index contributed by atoms with van der Waals surface area (Å²) in [6.45, 7) is 3.41. The third-order valence-corrected chi connectivity index (χ3v) is 6.68. The Balaban J connectivity index is 1.78. The molecular formula is C23H22ClN3O3S. The monoisotopic (exact) mass is 455 g/mol. The molecule has 0 saturated carbocycles. The molecule has 1 atom stereocenters. The minimum Gasteiger partial charge on any atom is -0.493 e. The number of ketones is 1. The molecule has 2 heterocycles. The Labute approximate surface area is 190 Å². The number of methoxy groups -OCH3 is 2. The van der Waals surface area contributed by atoms with E-state index >= 15 is 0 Å². The number of aromatic nitrogens is 1. The molecule has 1 aromatic heterocycles. The normalized spacial score (nSPS) is 15.7. The SMILES string of the molecule is COc1ccc([C@H]2CC(c3ccc(Cl)cc3)=NN2c2nc(C)c(C(C)=O)s2)cc1OC. The Morgan fingerprint density at radius 2 is 1.84 bits per heavy atom. The summed E-state index contributed by atoms with van der Waals surface area (Å²) < 4.78 is 10.9. The van der Waals surface area contributed by atoms with E-state index in [9.17, 15) is 4.79 Å². The second kappa shape index (κ2) is 8.69. The molecule has 6 nitrogen and oxygen atoms in total. The largest absolute Gasteiger partial charge is 0.493 e. The molecule has 1 aliphatic rings. The van der Waals surface area contributed by atoms with Gasteiger partial charge in [-0.25, -0.2) is 9.99 Å². The van der Waals surface area contributed by atoms with Crippen LogP contribution in [0.25, 0.3) is 0 Å². The molecule has 0 N–H and O–H groups in total. The smallest absolute Gasteiger partial charge is 0.207 e. The fourth-order valence-electron chi connectivity index (χ4n) is 3.63. The highest BCUT2D eigenvalue weighted by Gasteiger charge is 2.33. The molecule has 0 radical (unpaired) electrons. The topological polar surface area (TPSA) is 64.0 Å². The number of hydrogen-bond acceptors (Lipinski definition) is 7. The molecule has 1 aliphatic heterocycles. The van der Waals surface area contributed by atoms with Crippen LogP contribution in [0.15, 0.2) is 47.6 Å². The van der Waals surface area contributed by atoms with Gasteiger partial charge in [0.1, 0.15) is 0 Å². The quantitative estimate of drug-likeness (QED) is 0.447. The molecule has 3 aromatic rings. The van der Waals surface area contributed by atoms with Gasteiger partial charge in [-0.15, -0.1) is 0 Å². The Bertz CT molecular complexity index is 1160. The van der Waals surface area contributed by atoms with Crippen LogP contribution in [0, 0.1) is 6.92 Å². The van der Waals surface area contributed by atoms with Gasteiger partial charge in [0.05, 0.1) is 36.5 Å². The van der Waals surface area contributed by atoms with E-state index in [0.717, 1.165) is 16.8 Å². The number of aryl methyl sites for hydroxylation is 1. The summed E-state index contributed by atoms with van der Waals surface area (Å²) >= 11 is 7.42. The number of rotatable bonds is 6. The molecule has 8 heteroatoms. The standard InChI is InChI=1S/C23H22ClN3O3S/c1-13-22(14(2)28)31-23(25-13)27-19(16-7-10-20(29-3)21(11-16)30-4)12-18(26-27)15-5-8-17(24)9-6-15/h5-11,19H,12H2,1-4H3/t19-/m1/s1. The number of hydrazone groups is 1. The predicted octanol–water partition coefficient (Wildman–Crippen LogP) is 5.68. The van der Waals surface area contributed by atoms with E-state index in [1.165, 1.54) is 11.3 Å². The second-order valence-electron chi connectivity index (χ2n) is 7.20. The summed E-state index contributed by atoms with van der Waals surface area (Å²) in [5.74, 6) is 1.32. The van der Waals surface area contributed by atoms with E-state index in [1.54, 1.807) is 21.1 Å². The van der Waals surface area contributed by atoms with Crippen LogP contribution in [0.4, 0.5) is 5.13 Å². The van der Waals surface area contributed by atoms with Gasteiger partial charge < -0.3 is 9.47 Å². The van der Waals surface area contributed by atoms with Gasteiger partial charge in [-0.3, -0.25) is 4.79 Å². The molecule has 0 fully saturated rings. The fourth-order valence-corrected chi connectivity index (χ4v) is 4.72. The average molecular weight is 456 g/mol. The summed E-state index contributed by atoms with van der Waals surface area (Å²) in [5, 5.41) is 8.16. The highest BCUT2D eigenvalue weighted by Crippen LogP contribution is 2.41. The van der Waals surface area contributed by atoms with Gasteiger partial charge in [-0.1, -0.05) is 41.1 Å². The zero-order chi connectivity index (χ0) is 22.1. The third kappa shape index (κ3) is 4.16. The number of carbonyl (C=O) groups is 1. The van der Waals surface area contributed by atoms with Crippen molar-refractivity contribution in [3.63, 3.8) is 0 Å². The van der Waals surface area contributed by atoms with Crippen molar-refractivity contribution in [3.8, 4) is 11.5 Å². The number of carbonyl (C=O) groups excluding carboxylic acids is 1. The van der Waals surface area contributed by atoms with Crippen LogP contribution in [-0.4, -0.2) is 30.7 Å². The average Bonchev–Trinajstić information content (AvgIpc) is 3.37. The van der Waals surface area contributed by atoms with Crippen molar-refractivity contribution in [2.24, 2.45) is 5.10 Å². The van der Waals surface area contributed by atoms with Gasteiger partial charge in [0, 0.05) is 18.4 Å². The zero-order valence-electron chi connectivity index (χ0n) is 17.7. The second-order valence-corrected chi connectivity index (χ2v) is 8.61. The lowest BCUT2D eigenvalue weighted by atomic mass is 9.98. The summed E-state index contributed by atoms with van der Waals surface area (Å²) in [7, 11) is 3.23. The zero-order valence-corrected chi connectivity index (χ0v) is 19.3. The van der Waals surface area contributed by atoms with E-state index in [-0.39, 0.29) is 11.8 Å². The number of halogens is 1. The van der Waals surface area contributed by atoms with E-state index in [4.69, 9.17) is 26.2 Å². The van der Waals surface area contributed by atoms with Crippen LogP contribution < -0.4 is 14.5 Å². The van der Waals surface area contributed by atoms with Gasteiger partial charge >= 0.3 is 0 Å². The molecule has 0 spiro atoms. The molecule has 2 aromatic carbocycles. The van der Waals surface area contributed by atoms with Gasteiger partial charge in [0.25, 0.3) is 0 Å². The Hall–Kier alpha value is -2.90. The van der Waals surface area contributed by atoms with Crippen molar-refractivity contribution in [3.05, 3.63) is 69.2 Å². The Morgan fingerprint density at radius 3 is 2.45 bits per heavy atom. The number of anilines is 1. The van der Waals surface area contributed by atoms with E-state index in [2.05, 4.69) is 4.98 Å². The van der Waals surface area contributed by atoms with Crippen molar-refractivity contribution in [2.75, 3.05) is 19.2 Å². The van der Waals surface area contributed by atoms with Gasteiger partial charge in [0.2, 0.25) is 5.13 Å². The third-order valence-electron chi connectivity index (χ3n) is 5.18. The van der Waals surface area contributed by atoms with Crippen molar-refractivity contribution < 1.29 is 14.3 Å². The number of thiazole rings is 1. The summed E-state index contributed by atoms with van der Waals surface area (Å²) in [4.78, 5) is 17.3. The van der Waals surface area contributed by atoms with Crippen molar-refractivity contribution >= 4 is 39.6 Å². The van der Waals surface area contributed by atoms with Gasteiger partial charge in [-0.2, -0.15) is 5.10 Å². The predicted molar refractivity (Wildman–Crippen MR) is 124 cm³/mol. The van der Waals surface area contributed by atoms with Crippen molar-refractivity contribution in [2.45, 2.75) is 26.3 Å². The number of hydrogen-bond donors (Lipinski definition) is 0. The van der Waals surface area contributed by atoms with Crippen LogP contribution in [-0.2, 0) is 0 Å². The minimum absolute atomic E-state index is 0.00465. The fraction of sp³-hybridized carbons (Fsp3) is 0.261. The maximum atomic E-state index is 12.0. The first-order valence-electron chi connectivity index (χ1n) is 9.74. The molecule has 0 amide bonds. The first kappa shape index (κ1) is 21.3. The lowest BCUT2D eigenvalue weighted by molar-refractivity contribution is 0.102.